The quantitative estimate of drug-likeness (QED) is 0.313. The van der Waals surface area contributed by atoms with Crippen LogP contribution in [0.5, 0.6) is 5.75 Å². The summed E-state index contributed by atoms with van der Waals surface area (Å²) < 4.78 is 34.4. The summed E-state index contributed by atoms with van der Waals surface area (Å²) in [6.45, 7) is 6.19. The lowest BCUT2D eigenvalue weighted by Crippen LogP contribution is -2.51. The van der Waals surface area contributed by atoms with Crippen LogP contribution in [0, 0.1) is 12.8 Å². The van der Waals surface area contributed by atoms with Gasteiger partial charge in [-0.1, -0.05) is 50.2 Å². The number of anilines is 1. The molecule has 4 rings (SSSR count). The summed E-state index contributed by atoms with van der Waals surface area (Å²) in [6.07, 6.45) is -0.206. The number of nitrogens with two attached hydrogens (primary N) is 1. The number of benzene rings is 3. The molecule has 2 atom stereocenters. The standard InChI is InChI=1S/C30H37N3O5S/c1-20(2)18-33(39(36,37)24-12-13-29-23(17-24)14-15-38-29)19-28(34)27(16-22-8-5-4-6-9-22)32-30(35)25-10-7-11-26(31)21(25)3/h4-13,17,20,27-28,34H,14-16,18-19,31H2,1-3H3,(H,32,35)/t27-,28+/m0/s1. The Balaban J connectivity index is 1.62. The number of nitrogen functional groups attached to an aromatic ring is 1. The molecule has 3 aromatic rings. The number of carbonyl (C=O) groups is 1. The van der Waals surface area contributed by atoms with E-state index in [2.05, 4.69) is 5.32 Å². The number of amides is 1. The van der Waals surface area contributed by atoms with Gasteiger partial charge < -0.3 is 20.9 Å². The van der Waals surface area contributed by atoms with Crippen molar-refractivity contribution in [3.05, 3.63) is 89.0 Å². The predicted octanol–water partition coefficient (Wildman–Crippen LogP) is 3.56. The molecular formula is C30H37N3O5S. The number of nitrogens with zero attached hydrogens (tertiary/aromatic N) is 1. The molecule has 8 nitrogen and oxygen atoms in total. The number of fused-ring (bicyclic) bond motifs is 1. The number of hydrogen-bond acceptors (Lipinski definition) is 6. The SMILES string of the molecule is Cc1c(N)cccc1C(=O)N[C@@H](Cc1ccccc1)[C@H](O)CN(CC(C)C)S(=O)(=O)c1ccc2c(c1)CCO2. The van der Waals surface area contributed by atoms with Crippen LogP contribution >= 0.6 is 0 Å². The Hall–Kier alpha value is -3.40. The Morgan fingerprint density at radius 2 is 1.82 bits per heavy atom. The molecule has 39 heavy (non-hydrogen) atoms. The molecule has 1 aliphatic heterocycles. The summed E-state index contributed by atoms with van der Waals surface area (Å²) in [4.78, 5) is 13.5. The van der Waals surface area contributed by atoms with E-state index in [-0.39, 0.29) is 29.8 Å². The van der Waals surface area contributed by atoms with Crippen LogP contribution in [-0.2, 0) is 22.9 Å². The number of nitrogens with one attached hydrogen (secondary N) is 1. The molecule has 0 aromatic heterocycles. The number of hydrogen-bond donors (Lipinski definition) is 3. The van der Waals surface area contributed by atoms with Gasteiger partial charge in [0.05, 0.1) is 23.6 Å². The molecule has 0 fully saturated rings. The zero-order valence-electron chi connectivity index (χ0n) is 22.6. The molecule has 1 heterocycles. The zero-order chi connectivity index (χ0) is 28.2. The van der Waals surface area contributed by atoms with E-state index in [9.17, 15) is 18.3 Å². The number of aliphatic hydroxyl groups is 1. The number of ether oxygens (including phenoxy) is 1. The van der Waals surface area contributed by atoms with Gasteiger partial charge in [0.2, 0.25) is 10.0 Å². The lowest BCUT2D eigenvalue weighted by molar-refractivity contribution is 0.0775. The number of aliphatic hydroxyl groups excluding tert-OH is 1. The second kappa shape index (κ2) is 12.2. The molecule has 4 N–H and O–H groups in total. The van der Waals surface area contributed by atoms with Crippen LogP contribution in [0.2, 0.25) is 0 Å². The topological polar surface area (TPSA) is 122 Å². The normalized spacial score (nSPS) is 14.6. The zero-order valence-corrected chi connectivity index (χ0v) is 23.4. The molecule has 1 aliphatic rings. The molecule has 0 aliphatic carbocycles. The number of carbonyl (C=O) groups excluding carboxylic acids is 1. The highest BCUT2D eigenvalue weighted by molar-refractivity contribution is 7.89. The Kier molecular flexibility index (Phi) is 8.94. The average molecular weight is 552 g/mol. The fourth-order valence-corrected chi connectivity index (χ4v) is 6.46. The van der Waals surface area contributed by atoms with E-state index in [4.69, 9.17) is 10.5 Å². The summed E-state index contributed by atoms with van der Waals surface area (Å²) >= 11 is 0. The Bertz CT molecular complexity index is 1410. The molecule has 0 radical (unpaired) electrons. The van der Waals surface area contributed by atoms with E-state index in [1.807, 2.05) is 44.2 Å². The smallest absolute Gasteiger partial charge is 0.251 e. The van der Waals surface area contributed by atoms with E-state index in [1.54, 1.807) is 43.3 Å². The fourth-order valence-electron chi connectivity index (χ4n) is 4.78. The summed E-state index contributed by atoms with van der Waals surface area (Å²) in [5, 5.41) is 14.4. The van der Waals surface area contributed by atoms with E-state index in [0.717, 1.165) is 11.1 Å². The summed E-state index contributed by atoms with van der Waals surface area (Å²) in [5.41, 5.74) is 9.32. The molecule has 3 aromatic carbocycles. The lowest BCUT2D eigenvalue weighted by Gasteiger charge is -2.31. The number of sulfonamides is 1. The Morgan fingerprint density at radius 1 is 1.08 bits per heavy atom. The highest BCUT2D eigenvalue weighted by atomic mass is 32.2. The summed E-state index contributed by atoms with van der Waals surface area (Å²) in [5.74, 6) is 0.338. The van der Waals surface area contributed by atoms with Crippen LogP contribution in [0.1, 0.15) is 40.9 Å². The molecule has 0 spiro atoms. The van der Waals surface area contributed by atoms with Gasteiger partial charge in [0.25, 0.3) is 5.91 Å². The molecule has 0 unspecified atom stereocenters. The van der Waals surface area contributed by atoms with Gasteiger partial charge in [0, 0.05) is 30.8 Å². The molecule has 0 saturated heterocycles. The third-order valence-electron chi connectivity index (χ3n) is 6.96. The third-order valence-corrected chi connectivity index (χ3v) is 8.79. The fraction of sp³-hybridized carbons (Fsp3) is 0.367. The molecule has 208 valence electrons. The van der Waals surface area contributed by atoms with Crippen molar-refractivity contribution in [2.45, 2.75) is 50.7 Å². The van der Waals surface area contributed by atoms with Crippen molar-refractivity contribution in [3.8, 4) is 5.75 Å². The number of rotatable bonds is 11. The Morgan fingerprint density at radius 3 is 2.54 bits per heavy atom. The van der Waals surface area contributed by atoms with Crippen molar-refractivity contribution in [1.29, 1.82) is 0 Å². The van der Waals surface area contributed by atoms with E-state index in [0.29, 0.717) is 42.0 Å². The third kappa shape index (κ3) is 6.79. The van der Waals surface area contributed by atoms with Crippen molar-refractivity contribution in [1.82, 2.24) is 9.62 Å². The van der Waals surface area contributed by atoms with Crippen LogP contribution in [0.3, 0.4) is 0 Å². The van der Waals surface area contributed by atoms with Gasteiger partial charge in [-0.05, 0) is 66.3 Å². The van der Waals surface area contributed by atoms with Crippen molar-refractivity contribution >= 4 is 21.6 Å². The highest BCUT2D eigenvalue weighted by Crippen LogP contribution is 2.29. The Labute approximate surface area is 230 Å². The maximum Gasteiger partial charge on any atom is 0.251 e. The summed E-state index contributed by atoms with van der Waals surface area (Å²) in [6, 6.07) is 18.7. The highest BCUT2D eigenvalue weighted by Gasteiger charge is 2.32. The van der Waals surface area contributed by atoms with Crippen LogP contribution < -0.4 is 15.8 Å². The predicted molar refractivity (Wildman–Crippen MR) is 152 cm³/mol. The van der Waals surface area contributed by atoms with Gasteiger partial charge in [-0.2, -0.15) is 4.31 Å². The molecule has 9 heteroatoms. The average Bonchev–Trinajstić information content (AvgIpc) is 3.38. The monoisotopic (exact) mass is 551 g/mol. The van der Waals surface area contributed by atoms with E-state index < -0.39 is 22.2 Å². The van der Waals surface area contributed by atoms with Crippen LogP contribution in [-0.4, -0.2) is 55.6 Å². The first-order chi connectivity index (χ1) is 18.6. The molecule has 1 amide bonds. The second-order valence-electron chi connectivity index (χ2n) is 10.4. The van der Waals surface area contributed by atoms with Gasteiger partial charge in [0.1, 0.15) is 5.75 Å². The minimum Gasteiger partial charge on any atom is -0.493 e. The second-order valence-corrected chi connectivity index (χ2v) is 12.4. The van der Waals surface area contributed by atoms with Gasteiger partial charge >= 0.3 is 0 Å². The van der Waals surface area contributed by atoms with Crippen LogP contribution in [0.15, 0.2) is 71.6 Å². The van der Waals surface area contributed by atoms with Crippen LogP contribution in [0.4, 0.5) is 5.69 Å². The maximum absolute atomic E-state index is 13.8. The van der Waals surface area contributed by atoms with Gasteiger partial charge in [-0.15, -0.1) is 0 Å². The molecule has 0 saturated carbocycles. The van der Waals surface area contributed by atoms with Crippen molar-refractivity contribution in [2.24, 2.45) is 5.92 Å². The van der Waals surface area contributed by atoms with Gasteiger partial charge in [-0.3, -0.25) is 4.79 Å². The molecule has 0 bridgehead atoms. The first-order valence-electron chi connectivity index (χ1n) is 13.2. The summed E-state index contributed by atoms with van der Waals surface area (Å²) in [7, 11) is -3.92. The van der Waals surface area contributed by atoms with E-state index >= 15 is 0 Å². The first kappa shape index (κ1) is 28.6. The molecular weight excluding hydrogens is 514 g/mol. The maximum atomic E-state index is 13.8. The minimum absolute atomic E-state index is 0.0156. The van der Waals surface area contributed by atoms with Crippen molar-refractivity contribution in [2.75, 3.05) is 25.4 Å². The lowest BCUT2D eigenvalue weighted by atomic mass is 9.99. The van der Waals surface area contributed by atoms with Crippen molar-refractivity contribution in [3.63, 3.8) is 0 Å². The minimum atomic E-state index is -3.92. The largest absolute Gasteiger partial charge is 0.493 e. The van der Waals surface area contributed by atoms with E-state index in [1.165, 1.54) is 4.31 Å². The van der Waals surface area contributed by atoms with Gasteiger partial charge in [0.15, 0.2) is 0 Å². The van der Waals surface area contributed by atoms with Crippen molar-refractivity contribution < 1.29 is 23.1 Å². The van der Waals surface area contributed by atoms with Crippen LogP contribution in [0.25, 0.3) is 0 Å². The van der Waals surface area contributed by atoms with Gasteiger partial charge in [-0.25, -0.2) is 8.42 Å². The first-order valence-corrected chi connectivity index (χ1v) is 14.6.